The molecule has 0 bridgehead atoms. The average molecular weight is 450 g/mol. The number of carbonyl (C=O) groups is 1. The number of benzene rings is 1. The molecule has 2 heterocycles. The van der Waals surface area contributed by atoms with Crippen LogP contribution in [0.3, 0.4) is 0 Å². The van der Waals surface area contributed by atoms with Crippen molar-refractivity contribution in [3.8, 4) is 0 Å². The molecule has 1 amide bonds. The van der Waals surface area contributed by atoms with Gasteiger partial charge < -0.3 is 14.5 Å². The lowest BCUT2D eigenvalue weighted by atomic mass is 10.2. The van der Waals surface area contributed by atoms with Crippen LogP contribution in [0.15, 0.2) is 52.0 Å². The fourth-order valence-corrected chi connectivity index (χ4v) is 5.17. The van der Waals surface area contributed by atoms with Crippen LogP contribution in [0, 0.1) is 0 Å². The van der Waals surface area contributed by atoms with Crippen molar-refractivity contribution in [3.05, 3.63) is 48.4 Å². The van der Waals surface area contributed by atoms with E-state index in [4.69, 9.17) is 9.15 Å². The molecule has 9 heteroatoms. The van der Waals surface area contributed by atoms with E-state index in [2.05, 4.69) is 5.32 Å². The van der Waals surface area contributed by atoms with Crippen molar-refractivity contribution >= 4 is 21.6 Å². The Balaban J connectivity index is 1.62. The number of furan rings is 1. The van der Waals surface area contributed by atoms with Crippen molar-refractivity contribution in [1.82, 2.24) is 9.21 Å². The van der Waals surface area contributed by atoms with E-state index in [1.165, 1.54) is 16.4 Å². The van der Waals surface area contributed by atoms with E-state index in [-0.39, 0.29) is 23.5 Å². The first-order chi connectivity index (χ1) is 14.9. The van der Waals surface area contributed by atoms with Gasteiger partial charge >= 0.3 is 0 Å². The summed E-state index contributed by atoms with van der Waals surface area (Å²) in [6, 6.07) is 9.99. The van der Waals surface area contributed by atoms with Crippen molar-refractivity contribution in [3.63, 3.8) is 0 Å². The van der Waals surface area contributed by atoms with E-state index in [0.717, 1.165) is 25.2 Å². The van der Waals surface area contributed by atoms with Gasteiger partial charge in [-0.05, 0) is 49.2 Å². The molecule has 3 rings (SSSR count). The molecule has 0 radical (unpaired) electrons. The van der Waals surface area contributed by atoms with Gasteiger partial charge in [0.15, 0.2) is 0 Å². The first-order valence-electron chi connectivity index (χ1n) is 10.7. The second kappa shape index (κ2) is 10.9. The summed E-state index contributed by atoms with van der Waals surface area (Å²) in [4.78, 5) is 14.9. The van der Waals surface area contributed by atoms with Crippen LogP contribution in [0.4, 0.5) is 5.69 Å². The van der Waals surface area contributed by atoms with E-state index in [9.17, 15) is 13.2 Å². The number of sulfonamides is 1. The number of hydrogen-bond donors (Lipinski definition) is 1. The number of hydrogen-bond acceptors (Lipinski definition) is 6. The smallest absolute Gasteiger partial charge is 0.243 e. The lowest BCUT2D eigenvalue weighted by Crippen LogP contribution is -2.37. The topological polar surface area (TPSA) is 92.1 Å². The van der Waals surface area contributed by atoms with Crippen molar-refractivity contribution in [2.24, 2.45) is 0 Å². The highest BCUT2D eigenvalue weighted by Gasteiger charge is 2.23. The Bertz CT molecular complexity index is 919. The molecule has 2 aromatic rings. The Morgan fingerprint density at radius 2 is 1.90 bits per heavy atom. The van der Waals surface area contributed by atoms with Gasteiger partial charge in [-0.15, -0.1) is 0 Å². The first-order valence-corrected chi connectivity index (χ1v) is 12.1. The van der Waals surface area contributed by atoms with Crippen molar-refractivity contribution in [1.29, 1.82) is 0 Å². The molecule has 0 spiro atoms. The largest absolute Gasteiger partial charge is 0.468 e. The van der Waals surface area contributed by atoms with Crippen LogP contribution in [0.2, 0.25) is 0 Å². The maximum Gasteiger partial charge on any atom is 0.243 e. The minimum Gasteiger partial charge on any atom is -0.468 e. The Morgan fingerprint density at radius 3 is 2.48 bits per heavy atom. The third kappa shape index (κ3) is 6.39. The molecule has 1 saturated heterocycles. The molecule has 1 aromatic carbocycles. The molecule has 1 aliphatic heterocycles. The molecule has 1 unspecified atom stereocenters. The molecular formula is C22H31N3O5S. The van der Waals surface area contributed by atoms with Crippen LogP contribution in [0.5, 0.6) is 0 Å². The second-order valence-electron chi connectivity index (χ2n) is 7.55. The zero-order chi connectivity index (χ0) is 22.3. The van der Waals surface area contributed by atoms with Gasteiger partial charge in [0.05, 0.1) is 30.4 Å². The molecule has 1 aromatic heterocycles. The Labute approximate surface area is 184 Å². The van der Waals surface area contributed by atoms with Gasteiger partial charge in [0.25, 0.3) is 0 Å². The highest BCUT2D eigenvalue weighted by atomic mass is 32.2. The summed E-state index contributed by atoms with van der Waals surface area (Å²) >= 11 is 0. The zero-order valence-corrected chi connectivity index (χ0v) is 18.9. The Morgan fingerprint density at radius 1 is 1.16 bits per heavy atom. The van der Waals surface area contributed by atoms with Gasteiger partial charge in [0.1, 0.15) is 5.76 Å². The number of carbonyl (C=O) groups excluding carboxylic acids is 1. The highest BCUT2D eigenvalue weighted by Crippen LogP contribution is 2.19. The van der Waals surface area contributed by atoms with Crippen LogP contribution >= 0.6 is 0 Å². The molecule has 1 fully saturated rings. The van der Waals surface area contributed by atoms with E-state index < -0.39 is 10.0 Å². The van der Waals surface area contributed by atoms with Crippen LogP contribution in [-0.4, -0.2) is 62.4 Å². The number of amides is 1. The van der Waals surface area contributed by atoms with Gasteiger partial charge in [0, 0.05) is 31.9 Å². The van der Waals surface area contributed by atoms with Crippen LogP contribution in [-0.2, 0) is 26.1 Å². The highest BCUT2D eigenvalue weighted by molar-refractivity contribution is 7.89. The minimum absolute atomic E-state index is 0.118. The van der Waals surface area contributed by atoms with Crippen molar-refractivity contribution in [2.75, 3.05) is 38.1 Å². The first kappa shape index (κ1) is 23.5. The van der Waals surface area contributed by atoms with Crippen molar-refractivity contribution < 1.29 is 22.4 Å². The fourth-order valence-electron chi connectivity index (χ4n) is 3.71. The van der Waals surface area contributed by atoms with Gasteiger partial charge in [0.2, 0.25) is 15.9 Å². The summed E-state index contributed by atoms with van der Waals surface area (Å²) in [6.07, 6.45) is 3.76. The maximum absolute atomic E-state index is 12.7. The average Bonchev–Trinajstić information content (AvgIpc) is 3.43. The van der Waals surface area contributed by atoms with Crippen LogP contribution in [0.1, 0.15) is 32.4 Å². The summed E-state index contributed by atoms with van der Waals surface area (Å²) in [5.41, 5.74) is 0.554. The van der Waals surface area contributed by atoms with Gasteiger partial charge in [-0.1, -0.05) is 13.8 Å². The second-order valence-corrected chi connectivity index (χ2v) is 9.48. The molecular weight excluding hydrogens is 418 g/mol. The summed E-state index contributed by atoms with van der Waals surface area (Å²) in [6.45, 7) is 6.54. The standard InChI is InChI=1S/C22H31N3O5S/c1-3-25(4-2)31(27,28)21-11-9-18(10-12-21)23-22(26)17-24(15-19-7-5-13-29-19)16-20-8-6-14-30-20/h5,7,9-13,20H,3-4,6,8,14-17H2,1-2H3,(H,23,26). The van der Waals surface area contributed by atoms with E-state index >= 15 is 0 Å². The predicted octanol–water partition coefficient (Wildman–Crippen LogP) is 2.93. The SMILES string of the molecule is CCN(CC)S(=O)(=O)c1ccc(NC(=O)CN(Cc2ccco2)CC2CCCO2)cc1. The minimum atomic E-state index is -3.52. The molecule has 0 saturated carbocycles. The third-order valence-electron chi connectivity index (χ3n) is 5.29. The molecule has 8 nitrogen and oxygen atoms in total. The van der Waals surface area contributed by atoms with E-state index in [1.54, 1.807) is 32.2 Å². The summed E-state index contributed by atoms with van der Waals surface area (Å²) in [7, 11) is -3.52. The third-order valence-corrected chi connectivity index (χ3v) is 7.36. The van der Waals surface area contributed by atoms with Crippen molar-refractivity contribution in [2.45, 2.75) is 44.2 Å². The molecule has 1 N–H and O–H groups in total. The predicted molar refractivity (Wildman–Crippen MR) is 118 cm³/mol. The van der Waals surface area contributed by atoms with Gasteiger partial charge in [-0.25, -0.2) is 8.42 Å². The molecule has 0 aliphatic carbocycles. The van der Waals surface area contributed by atoms with Crippen LogP contribution < -0.4 is 5.32 Å². The quantitative estimate of drug-likeness (QED) is 0.567. The van der Waals surface area contributed by atoms with E-state index in [0.29, 0.717) is 31.9 Å². The number of ether oxygens (including phenoxy) is 1. The summed E-state index contributed by atoms with van der Waals surface area (Å²) in [5, 5.41) is 2.85. The maximum atomic E-state index is 12.7. The number of rotatable bonds is 11. The molecule has 170 valence electrons. The molecule has 1 atom stereocenters. The summed E-state index contributed by atoms with van der Waals surface area (Å²) < 4.78 is 37.8. The lowest BCUT2D eigenvalue weighted by molar-refractivity contribution is -0.117. The Kier molecular flexibility index (Phi) is 8.25. The number of nitrogens with one attached hydrogen (secondary N) is 1. The van der Waals surface area contributed by atoms with Gasteiger partial charge in [-0.3, -0.25) is 9.69 Å². The fraction of sp³-hybridized carbons (Fsp3) is 0.500. The number of nitrogens with zero attached hydrogens (tertiary/aromatic N) is 2. The molecule has 1 aliphatic rings. The molecule has 31 heavy (non-hydrogen) atoms. The Hall–Kier alpha value is -2.20. The lowest BCUT2D eigenvalue weighted by Gasteiger charge is -2.23. The van der Waals surface area contributed by atoms with E-state index in [1.807, 2.05) is 17.0 Å². The monoisotopic (exact) mass is 449 g/mol. The summed E-state index contributed by atoms with van der Waals surface area (Å²) in [5.74, 6) is 0.612. The number of anilines is 1. The van der Waals surface area contributed by atoms with Crippen LogP contribution in [0.25, 0.3) is 0 Å². The zero-order valence-electron chi connectivity index (χ0n) is 18.1. The van der Waals surface area contributed by atoms with Gasteiger partial charge in [-0.2, -0.15) is 4.31 Å². The normalized spacial score (nSPS) is 16.8.